The van der Waals surface area contributed by atoms with Gasteiger partial charge in [0.15, 0.2) is 10.9 Å². The van der Waals surface area contributed by atoms with Gasteiger partial charge in [0.1, 0.15) is 5.75 Å². The van der Waals surface area contributed by atoms with Crippen LogP contribution in [0, 0.1) is 0 Å². The molecular weight excluding hydrogens is 434 g/mol. The summed E-state index contributed by atoms with van der Waals surface area (Å²) < 4.78 is 27.2. The Morgan fingerprint density at radius 1 is 0.968 bits per heavy atom. The Kier molecular flexibility index (Phi) is 6.82. The molecule has 160 valence electrons. The Balaban J connectivity index is 1.82. The van der Waals surface area contributed by atoms with Crippen molar-refractivity contribution < 1.29 is 23.1 Å². The molecule has 0 bridgehead atoms. The van der Waals surface area contributed by atoms with E-state index in [4.69, 9.17) is 0 Å². The molecule has 3 aromatic rings. The van der Waals surface area contributed by atoms with Crippen LogP contribution in [0.1, 0.15) is 17.3 Å². The third kappa shape index (κ3) is 5.15. The van der Waals surface area contributed by atoms with E-state index in [-0.39, 0.29) is 27.3 Å². The standard InChI is InChI=1S/C23H21NO5S2/c1-16(25)30-15-23(27)18-8-10-19(11-9-18)24(2)31(28,29)20-12-13-21(22(26)14-20)17-6-4-3-5-7-17/h3-14,26H,15H2,1-2H3. The summed E-state index contributed by atoms with van der Waals surface area (Å²) in [6, 6.07) is 19.5. The Morgan fingerprint density at radius 3 is 2.19 bits per heavy atom. The molecule has 8 heteroatoms. The van der Waals surface area contributed by atoms with Gasteiger partial charge in [-0.25, -0.2) is 8.42 Å². The molecule has 0 radical (unpaired) electrons. The highest BCUT2D eigenvalue weighted by molar-refractivity contribution is 8.14. The van der Waals surface area contributed by atoms with Gasteiger partial charge in [0.05, 0.1) is 16.3 Å². The summed E-state index contributed by atoms with van der Waals surface area (Å²) in [4.78, 5) is 23.1. The van der Waals surface area contributed by atoms with Gasteiger partial charge in [-0.1, -0.05) is 42.1 Å². The highest BCUT2D eigenvalue weighted by Gasteiger charge is 2.23. The molecule has 0 spiro atoms. The summed E-state index contributed by atoms with van der Waals surface area (Å²) in [6.45, 7) is 1.39. The van der Waals surface area contributed by atoms with Crippen molar-refractivity contribution >= 4 is 38.4 Å². The molecule has 3 aromatic carbocycles. The van der Waals surface area contributed by atoms with Crippen LogP contribution in [0.5, 0.6) is 5.75 Å². The predicted molar refractivity (Wildman–Crippen MR) is 123 cm³/mol. The van der Waals surface area contributed by atoms with E-state index in [9.17, 15) is 23.1 Å². The number of hydrogen-bond donors (Lipinski definition) is 1. The minimum Gasteiger partial charge on any atom is -0.507 e. The van der Waals surface area contributed by atoms with E-state index in [1.807, 2.05) is 30.3 Å². The number of carbonyl (C=O) groups excluding carboxylic acids is 2. The van der Waals surface area contributed by atoms with E-state index in [1.54, 1.807) is 6.07 Å². The van der Waals surface area contributed by atoms with Crippen LogP contribution < -0.4 is 4.31 Å². The van der Waals surface area contributed by atoms with Crippen LogP contribution >= 0.6 is 11.8 Å². The average Bonchev–Trinajstić information content (AvgIpc) is 2.77. The fourth-order valence-electron chi connectivity index (χ4n) is 2.94. The molecule has 0 unspecified atom stereocenters. The maximum Gasteiger partial charge on any atom is 0.264 e. The van der Waals surface area contributed by atoms with Gasteiger partial charge in [0.25, 0.3) is 10.0 Å². The molecule has 0 aliphatic carbocycles. The lowest BCUT2D eigenvalue weighted by molar-refractivity contribution is -0.109. The molecular formula is C23H21NO5S2. The number of aromatic hydroxyl groups is 1. The minimum atomic E-state index is -3.93. The lowest BCUT2D eigenvalue weighted by Crippen LogP contribution is -2.26. The molecule has 0 saturated heterocycles. The van der Waals surface area contributed by atoms with E-state index >= 15 is 0 Å². The molecule has 31 heavy (non-hydrogen) atoms. The van der Waals surface area contributed by atoms with Gasteiger partial charge in [-0.05, 0) is 42.0 Å². The van der Waals surface area contributed by atoms with Crippen LogP contribution in [0.25, 0.3) is 11.1 Å². The van der Waals surface area contributed by atoms with Gasteiger partial charge in [0, 0.05) is 31.2 Å². The maximum atomic E-state index is 13.0. The summed E-state index contributed by atoms with van der Waals surface area (Å²) in [7, 11) is -2.53. The first-order valence-electron chi connectivity index (χ1n) is 9.34. The van der Waals surface area contributed by atoms with Crippen molar-refractivity contribution in [2.45, 2.75) is 11.8 Å². The number of rotatable bonds is 7. The molecule has 0 atom stereocenters. The smallest absolute Gasteiger partial charge is 0.264 e. The number of Topliss-reactive ketones (excluding diaryl/α,β-unsaturated/α-hetero) is 1. The molecule has 1 N–H and O–H groups in total. The van der Waals surface area contributed by atoms with Gasteiger partial charge in [-0.15, -0.1) is 0 Å². The second kappa shape index (κ2) is 9.36. The van der Waals surface area contributed by atoms with E-state index in [0.29, 0.717) is 16.8 Å². The average molecular weight is 456 g/mol. The van der Waals surface area contributed by atoms with Crippen LogP contribution in [0.3, 0.4) is 0 Å². The highest BCUT2D eigenvalue weighted by atomic mass is 32.2. The maximum absolute atomic E-state index is 13.0. The molecule has 0 aromatic heterocycles. The van der Waals surface area contributed by atoms with Gasteiger partial charge >= 0.3 is 0 Å². The number of nitrogens with zero attached hydrogens (tertiary/aromatic N) is 1. The topological polar surface area (TPSA) is 91.8 Å². The van der Waals surface area contributed by atoms with Crippen molar-refractivity contribution in [3.8, 4) is 16.9 Å². The Labute approximate surface area is 185 Å². The van der Waals surface area contributed by atoms with Crippen molar-refractivity contribution in [1.29, 1.82) is 0 Å². The second-order valence-electron chi connectivity index (χ2n) is 6.77. The fourth-order valence-corrected chi connectivity index (χ4v) is 4.66. The number of phenolic OH excluding ortho intramolecular Hbond substituents is 1. The number of thioether (sulfide) groups is 1. The molecule has 0 aliphatic heterocycles. The van der Waals surface area contributed by atoms with Crippen LogP contribution in [-0.2, 0) is 14.8 Å². The van der Waals surface area contributed by atoms with Crippen molar-refractivity contribution in [3.05, 3.63) is 78.4 Å². The zero-order chi connectivity index (χ0) is 22.6. The quantitative estimate of drug-likeness (QED) is 0.533. The number of hydrogen-bond acceptors (Lipinski definition) is 6. The number of ketones is 1. The third-order valence-corrected chi connectivity index (χ3v) is 7.27. The summed E-state index contributed by atoms with van der Waals surface area (Å²) >= 11 is 0.929. The molecule has 0 aliphatic rings. The van der Waals surface area contributed by atoms with Crippen molar-refractivity contribution in [2.75, 3.05) is 17.1 Å². The van der Waals surface area contributed by atoms with Crippen molar-refractivity contribution in [1.82, 2.24) is 0 Å². The molecule has 0 fully saturated rings. The second-order valence-corrected chi connectivity index (χ2v) is 9.89. The monoisotopic (exact) mass is 455 g/mol. The van der Waals surface area contributed by atoms with Gasteiger partial charge in [-0.2, -0.15) is 0 Å². The molecule has 0 heterocycles. The Morgan fingerprint density at radius 2 is 1.61 bits per heavy atom. The van der Waals surface area contributed by atoms with Gasteiger partial charge < -0.3 is 5.11 Å². The van der Waals surface area contributed by atoms with E-state index in [2.05, 4.69) is 0 Å². The zero-order valence-corrected chi connectivity index (χ0v) is 18.6. The lowest BCUT2D eigenvalue weighted by atomic mass is 10.1. The van der Waals surface area contributed by atoms with Crippen molar-refractivity contribution in [2.24, 2.45) is 0 Å². The lowest BCUT2D eigenvalue weighted by Gasteiger charge is -2.20. The zero-order valence-electron chi connectivity index (χ0n) is 17.0. The SMILES string of the molecule is CC(=O)SCC(=O)c1ccc(N(C)S(=O)(=O)c2ccc(-c3ccccc3)c(O)c2)cc1. The molecule has 3 rings (SSSR count). The first-order chi connectivity index (χ1) is 14.7. The predicted octanol–water partition coefficient (Wildman–Crippen LogP) is 4.35. The van der Waals surface area contributed by atoms with Crippen LogP contribution in [-0.4, -0.2) is 37.2 Å². The molecule has 6 nitrogen and oxygen atoms in total. The normalized spacial score (nSPS) is 11.2. The number of carbonyl (C=O) groups is 2. The Bertz CT molecular complexity index is 1210. The molecule has 0 saturated carbocycles. The summed E-state index contributed by atoms with van der Waals surface area (Å²) in [5, 5.41) is 10.3. The van der Waals surface area contributed by atoms with Crippen LogP contribution in [0.15, 0.2) is 77.7 Å². The van der Waals surface area contributed by atoms with Gasteiger partial charge in [-0.3, -0.25) is 13.9 Å². The van der Waals surface area contributed by atoms with E-state index in [0.717, 1.165) is 21.6 Å². The largest absolute Gasteiger partial charge is 0.507 e. The molecule has 0 amide bonds. The minimum absolute atomic E-state index is 0.0376. The van der Waals surface area contributed by atoms with Crippen LogP contribution in [0.4, 0.5) is 5.69 Å². The summed E-state index contributed by atoms with van der Waals surface area (Å²) in [5.41, 5.74) is 2.07. The number of sulfonamides is 1. The summed E-state index contributed by atoms with van der Waals surface area (Å²) in [5.74, 6) is -0.307. The third-order valence-electron chi connectivity index (χ3n) is 4.67. The summed E-state index contributed by atoms with van der Waals surface area (Å²) in [6.07, 6.45) is 0. The highest BCUT2D eigenvalue weighted by Crippen LogP contribution is 2.32. The van der Waals surface area contributed by atoms with Gasteiger partial charge in [0.2, 0.25) is 0 Å². The van der Waals surface area contributed by atoms with E-state index < -0.39 is 10.0 Å². The number of benzene rings is 3. The number of phenols is 1. The van der Waals surface area contributed by atoms with Crippen molar-refractivity contribution in [3.63, 3.8) is 0 Å². The fraction of sp³-hybridized carbons (Fsp3) is 0.130. The van der Waals surface area contributed by atoms with E-state index in [1.165, 1.54) is 50.4 Å². The van der Waals surface area contributed by atoms with Crippen LogP contribution in [0.2, 0.25) is 0 Å². The number of anilines is 1. The first-order valence-corrected chi connectivity index (χ1v) is 11.8. The first kappa shape index (κ1) is 22.6. The Hall–Kier alpha value is -3.10.